The van der Waals surface area contributed by atoms with Crippen molar-refractivity contribution in [3.63, 3.8) is 0 Å². The van der Waals surface area contributed by atoms with Crippen LogP contribution in [-0.2, 0) is 16.1 Å². The number of carboxylic acids is 1. The molecule has 6 nitrogen and oxygen atoms in total. The predicted molar refractivity (Wildman–Crippen MR) is 179 cm³/mol. The Balaban J connectivity index is 2.44. The molecule has 0 unspecified atom stereocenters. The van der Waals surface area contributed by atoms with Crippen molar-refractivity contribution in [1.82, 2.24) is 0 Å². The highest BCUT2D eigenvalue weighted by Gasteiger charge is 2.35. The highest BCUT2D eigenvalue weighted by molar-refractivity contribution is 8.05. The lowest BCUT2D eigenvalue weighted by molar-refractivity contribution is -0.146. The number of allylic oxidation sites excluding steroid dienone is 5. The van der Waals surface area contributed by atoms with Crippen molar-refractivity contribution in [3.8, 4) is 0 Å². The Bertz CT molecular complexity index is 1620. The van der Waals surface area contributed by atoms with Crippen LogP contribution in [0.5, 0.6) is 0 Å². The molecule has 240 valence electrons. The molecule has 0 bridgehead atoms. The molecule has 10 heteroatoms. The first-order valence-corrected chi connectivity index (χ1v) is 14.8. The number of nitrogens with two attached hydrogens (primary N) is 1. The first-order chi connectivity index (χ1) is 20.8. The monoisotopic (exact) mass is 639 g/mol. The maximum Gasteiger partial charge on any atom is 0.309 e. The summed E-state index contributed by atoms with van der Waals surface area (Å²) in [5, 5.41) is 14.1. The number of halogens is 3. The van der Waals surface area contributed by atoms with E-state index in [1.54, 1.807) is 47.0 Å². The second-order valence-electron chi connectivity index (χ2n) is 11.7. The summed E-state index contributed by atoms with van der Waals surface area (Å²) in [4.78, 5) is 29.0. The molecular formula is C35H40F3N3O3S. The number of hydrogen-bond acceptors (Lipinski definition) is 6. The molecule has 0 amide bonds. The summed E-state index contributed by atoms with van der Waals surface area (Å²) in [5.41, 5.74) is 7.29. The van der Waals surface area contributed by atoms with Gasteiger partial charge in [0, 0.05) is 34.6 Å². The molecule has 0 fully saturated rings. The number of hydrogen-bond donors (Lipinski definition) is 3. The van der Waals surface area contributed by atoms with Crippen LogP contribution in [0.4, 0.5) is 18.9 Å². The van der Waals surface area contributed by atoms with E-state index in [0.29, 0.717) is 45.6 Å². The minimum Gasteiger partial charge on any atom is -0.481 e. The van der Waals surface area contributed by atoms with Crippen LogP contribution in [0.15, 0.2) is 94.0 Å². The van der Waals surface area contributed by atoms with Crippen molar-refractivity contribution in [2.45, 2.75) is 54.5 Å². The summed E-state index contributed by atoms with van der Waals surface area (Å²) in [6.07, 6.45) is 1.01. The van der Waals surface area contributed by atoms with Crippen molar-refractivity contribution in [3.05, 3.63) is 118 Å². The van der Waals surface area contributed by atoms with Crippen LogP contribution in [-0.4, -0.2) is 23.1 Å². The molecule has 0 aromatic heterocycles. The number of rotatable bonds is 15. The lowest BCUT2D eigenvalue weighted by Crippen LogP contribution is -2.26. The highest BCUT2D eigenvalue weighted by Crippen LogP contribution is 2.44. The smallest absolute Gasteiger partial charge is 0.309 e. The number of carbonyl (C=O) groups is 2. The molecule has 4 N–H and O–H groups in total. The lowest BCUT2D eigenvalue weighted by Gasteiger charge is -2.29. The number of aliphatic imine (C=N–C) groups is 1. The van der Waals surface area contributed by atoms with Gasteiger partial charge in [-0.25, -0.2) is 18.2 Å². The lowest BCUT2D eigenvalue weighted by atomic mass is 9.80. The Morgan fingerprint density at radius 2 is 1.73 bits per heavy atom. The third-order valence-electron chi connectivity index (χ3n) is 7.25. The first kappa shape index (κ1) is 36.9. The van der Waals surface area contributed by atoms with Gasteiger partial charge in [0.2, 0.25) is 0 Å². The molecule has 0 spiro atoms. The first-order valence-electron chi connectivity index (χ1n) is 13.9. The van der Waals surface area contributed by atoms with Crippen LogP contribution >= 0.6 is 11.8 Å². The van der Waals surface area contributed by atoms with Crippen molar-refractivity contribution in [2.24, 2.45) is 21.6 Å². The summed E-state index contributed by atoms with van der Waals surface area (Å²) < 4.78 is 42.1. The molecule has 2 aromatic carbocycles. The molecule has 2 aromatic rings. The summed E-state index contributed by atoms with van der Waals surface area (Å²) in [6, 6.07) is 7.73. The number of nitrogens with zero attached hydrogens (tertiary/aromatic N) is 1. The fourth-order valence-electron chi connectivity index (χ4n) is 4.60. The Morgan fingerprint density at radius 3 is 2.31 bits per heavy atom. The van der Waals surface area contributed by atoms with Gasteiger partial charge in [-0.1, -0.05) is 43.0 Å². The molecule has 0 aliphatic carbocycles. The molecule has 2 rings (SSSR count). The van der Waals surface area contributed by atoms with Gasteiger partial charge in [0.25, 0.3) is 0 Å². The van der Waals surface area contributed by atoms with Crippen molar-refractivity contribution < 1.29 is 27.9 Å². The minimum absolute atomic E-state index is 0.0105. The summed E-state index contributed by atoms with van der Waals surface area (Å²) >= 11 is 1.19. The zero-order chi connectivity index (χ0) is 34.3. The van der Waals surface area contributed by atoms with Gasteiger partial charge in [-0.2, -0.15) is 0 Å². The number of aliphatic carboxylic acids is 1. The predicted octanol–water partition coefficient (Wildman–Crippen LogP) is 8.79. The van der Waals surface area contributed by atoms with Gasteiger partial charge < -0.3 is 21.0 Å². The number of thioether (sulfide) groups is 1. The number of benzene rings is 2. The van der Waals surface area contributed by atoms with Gasteiger partial charge in [-0.3, -0.25) is 4.79 Å². The number of nitrogens with one attached hydrogen (secondary N) is 1. The van der Waals surface area contributed by atoms with E-state index in [0.717, 1.165) is 11.6 Å². The fourth-order valence-corrected chi connectivity index (χ4v) is 5.42. The zero-order valence-electron chi connectivity index (χ0n) is 26.5. The third kappa shape index (κ3) is 9.11. The van der Waals surface area contributed by atoms with E-state index in [2.05, 4.69) is 30.0 Å². The van der Waals surface area contributed by atoms with Gasteiger partial charge in [0.05, 0.1) is 10.8 Å². The highest BCUT2D eigenvalue weighted by atomic mass is 32.2. The van der Waals surface area contributed by atoms with Gasteiger partial charge in [0.1, 0.15) is 17.9 Å². The van der Waals surface area contributed by atoms with Crippen LogP contribution in [0.2, 0.25) is 0 Å². The maximum atomic E-state index is 14.2. The van der Waals surface area contributed by atoms with Crippen LogP contribution in [0.3, 0.4) is 0 Å². The third-order valence-corrected chi connectivity index (χ3v) is 8.48. The summed E-state index contributed by atoms with van der Waals surface area (Å²) in [5.74, 6) is -3.48. The zero-order valence-corrected chi connectivity index (χ0v) is 27.3. The van der Waals surface area contributed by atoms with Crippen molar-refractivity contribution >= 4 is 41.0 Å². The number of anilines is 1. The van der Waals surface area contributed by atoms with Gasteiger partial charge in [0.15, 0.2) is 11.6 Å². The van der Waals surface area contributed by atoms with E-state index >= 15 is 0 Å². The molecule has 0 radical (unpaired) electrons. The van der Waals surface area contributed by atoms with Crippen LogP contribution in [0, 0.1) is 28.3 Å². The second-order valence-corrected chi connectivity index (χ2v) is 12.6. The number of carbonyl (C=O) groups excluding carboxylic acids is 1. The van der Waals surface area contributed by atoms with E-state index < -0.39 is 34.3 Å². The topological polar surface area (TPSA) is 105 Å². The van der Waals surface area contributed by atoms with E-state index in [4.69, 9.17) is 5.73 Å². The average molecular weight is 640 g/mol. The largest absolute Gasteiger partial charge is 0.481 e. The molecule has 0 aliphatic rings. The van der Waals surface area contributed by atoms with Gasteiger partial charge >= 0.3 is 5.97 Å². The molecule has 0 saturated carbocycles. The fraction of sp³-hybridized carbons (Fsp3) is 0.286. The Kier molecular flexibility index (Phi) is 12.4. The normalized spacial score (nSPS) is 14.2. The quantitative estimate of drug-likeness (QED) is 0.102. The minimum atomic E-state index is -1.32. The van der Waals surface area contributed by atoms with E-state index in [9.17, 15) is 27.9 Å². The van der Waals surface area contributed by atoms with E-state index in [1.807, 2.05) is 0 Å². The molecule has 0 aliphatic heterocycles. The van der Waals surface area contributed by atoms with Gasteiger partial charge in [-0.05, 0) is 88.1 Å². The van der Waals surface area contributed by atoms with Crippen LogP contribution in [0.25, 0.3) is 5.57 Å². The van der Waals surface area contributed by atoms with E-state index in [1.165, 1.54) is 42.1 Å². The van der Waals surface area contributed by atoms with Crippen LogP contribution in [0.1, 0.15) is 59.1 Å². The van der Waals surface area contributed by atoms with Crippen molar-refractivity contribution in [2.75, 3.05) is 5.32 Å². The standard InChI is InChI=1S/C35H40F3N3O3S/c1-20(2)30(35(9,19-42)24(6)45-18-21(3)16-34(7,8)33(43)44)32(39)41-23(5)22(4)27-14-13-26(36)15-29(27)40-17-25-11-10-12-28(37)31(25)38/h10-15,18-19,40H,1,4,6,16-17,39H2,2-3,5,7-9H3,(H,43,44)/b21-18+,32-30+,41-23?/t35-/m0/s1. The Labute approximate surface area is 267 Å². The molecule has 0 saturated heterocycles. The number of aldehydes is 1. The Hall–Kier alpha value is -4.31. The SMILES string of the molecule is C=C(C)/C(=C(/N)N=C(C)C(=C)c1ccc(F)cc1NCc1cccc(F)c1F)[C@@](C)(C=O)C(=C)S/C=C(\C)CC(C)(C)C(=O)O. The molecular weight excluding hydrogens is 599 g/mol. The maximum absolute atomic E-state index is 14.2. The average Bonchev–Trinajstić information content (AvgIpc) is 2.95. The molecule has 0 heterocycles. The summed E-state index contributed by atoms with van der Waals surface area (Å²) in [6.45, 7) is 22.1. The molecule has 45 heavy (non-hydrogen) atoms. The van der Waals surface area contributed by atoms with E-state index in [-0.39, 0.29) is 23.6 Å². The van der Waals surface area contributed by atoms with Crippen molar-refractivity contribution in [1.29, 1.82) is 0 Å². The molecule has 1 atom stereocenters. The second kappa shape index (κ2) is 15.1. The Morgan fingerprint density at radius 1 is 1.09 bits per heavy atom. The number of carboxylic acid groups (broad SMARTS) is 1. The van der Waals surface area contributed by atoms with Gasteiger partial charge in [-0.15, -0.1) is 11.8 Å². The summed E-state index contributed by atoms with van der Waals surface area (Å²) in [7, 11) is 0. The van der Waals surface area contributed by atoms with Crippen LogP contribution < -0.4 is 11.1 Å².